The van der Waals surface area contributed by atoms with Crippen molar-refractivity contribution in [3.63, 3.8) is 0 Å². The number of hydrogen-bond donors (Lipinski definition) is 1. The van der Waals surface area contributed by atoms with E-state index < -0.39 is 11.7 Å². The van der Waals surface area contributed by atoms with Crippen LogP contribution < -0.4 is 29.5 Å². The standard InChI is InChI=1S/C27H27N3O6/c1-27(2)25(31)30-24-19(15-29(30)21-8-6-7-9-22(21)33-3)17(12-13-20(24)28-27)18-11-10-16(14-23(18)34-4)36-26(32)35-5/h6-14,28H,15H2,1-5H3. The number of para-hydroxylation sites is 2. The van der Waals surface area contributed by atoms with Crippen LogP contribution in [0.2, 0.25) is 0 Å². The van der Waals surface area contributed by atoms with Gasteiger partial charge in [0.05, 0.1) is 39.2 Å². The van der Waals surface area contributed by atoms with Crippen LogP contribution in [0.3, 0.4) is 0 Å². The lowest BCUT2D eigenvalue weighted by Gasteiger charge is -2.41. The molecule has 0 aromatic heterocycles. The zero-order valence-electron chi connectivity index (χ0n) is 20.7. The lowest BCUT2D eigenvalue weighted by molar-refractivity contribution is -0.122. The summed E-state index contributed by atoms with van der Waals surface area (Å²) in [5.41, 5.74) is 4.28. The predicted octanol–water partition coefficient (Wildman–Crippen LogP) is 4.99. The Morgan fingerprint density at radius 3 is 2.39 bits per heavy atom. The Bertz CT molecular complexity index is 1370. The summed E-state index contributed by atoms with van der Waals surface area (Å²) in [4.78, 5) is 25.3. The molecule has 0 saturated heterocycles. The van der Waals surface area contributed by atoms with Gasteiger partial charge in [-0.3, -0.25) is 9.80 Å². The maximum Gasteiger partial charge on any atom is 0.513 e. The number of hydrogen-bond acceptors (Lipinski definition) is 8. The Balaban J connectivity index is 1.67. The van der Waals surface area contributed by atoms with E-state index in [2.05, 4.69) is 10.1 Å². The van der Waals surface area contributed by atoms with Gasteiger partial charge in [0.2, 0.25) is 0 Å². The average Bonchev–Trinajstić information content (AvgIpc) is 3.28. The highest BCUT2D eigenvalue weighted by Gasteiger charge is 2.47. The molecule has 0 atom stereocenters. The van der Waals surface area contributed by atoms with E-state index in [1.54, 1.807) is 31.4 Å². The fourth-order valence-corrected chi connectivity index (χ4v) is 4.73. The molecular formula is C27H27N3O6. The Kier molecular flexibility index (Phi) is 5.62. The van der Waals surface area contributed by atoms with Gasteiger partial charge in [0.15, 0.2) is 0 Å². The fourth-order valence-electron chi connectivity index (χ4n) is 4.73. The van der Waals surface area contributed by atoms with E-state index in [0.29, 0.717) is 23.8 Å². The molecule has 2 aliphatic heterocycles. The third kappa shape index (κ3) is 3.64. The number of carbonyl (C=O) groups is 2. The smallest absolute Gasteiger partial charge is 0.496 e. The summed E-state index contributed by atoms with van der Waals surface area (Å²) in [5.74, 6) is 1.41. The highest BCUT2D eigenvalue weighted by molar-refractivity contribution is 6.12. The van der Waals surface area contributed by atoms with Crippen LogP contribution in [0.1, 0.15) is 19.4 Å². The van der Waals surface area contributed by atoms with Crippen LogP contribution in [0.4, 0.5) is 21.9 Å². The zero-order chi connectivity index (χ0) is 25.6. The van der Waals surface area contributed by atoms with Crippen molar-refractivity contribution in [1.29, 1.82) is 0 Å². The van der Waals surface area contributed by atoms with Crippen LogP contribution in [0.25, 0.3) is 11.1 Å². The summed E-state index contributed by atoms with van der Waals surface area (Å²) in [7, 11) is 4.42. The first-order valence-corrected chi connectivity index (χ1v) is 11.4. The summed E-state index contributed by atoms with van der Waals surface area (Å²) in [5, 5.41) is 7.08. The maximum absolute atomic E-state index is 13.7. The maximum atomic E-state index is 13.7. The van der Waals surface area contributed by atoms with Gasteiger partial charge in [0.1, 0.15) is 28.5 Å². The molecule has 0 radical (unpaired) electrons. The zero-order valence-corrected chi connectivity index (χ0v) is 20.7. The molecule has 0 fully saturated rings. The summed E-state index contributed by atoms with van der Waals surface area (Å²) in [6.07, 6.45) is -0.813. The molecule has 0 saturated carbocycles. The topological polar surface area (TPSA) is 89.6 Å². The van der Waals surface area contributed by atoms with Gasteiger partial charge in [0, 0.05) is 17.2 Å². The lowest BCUT2D eigenvalue weighted by Crippen LogP contribution is -2.57. The van der Waals surface area contributed by atoms with Gasteiger partial charge in [-0.05, 0) is 49.7 Å². The molecule has 0 aliphatic carbocycles. The van der Waals surface area contributed by atoms with Crippen molar-refractivity contribution in [3.8, 4) is 28.4 Å². The molecule has 3 aromatic carbocycles. The van der Waals surface area contributed by atoms with Crippen molar-refractivity contribution in [2.45, 2.75) is 25.9 Å². The van der Waals surface area contributed by atoms with Crippen molar-refractivity contribution in [1.82, 2.24) is 0 Å². The Morgan fingerprint density at radius 2 is 1.67 bits per heavy atom. The molecule has 186 valence electrons. The quantitative estimate of drug-likeness (QED) is 0.396. The molecule has 36 heavy (non-hydrogen) atoms. The first-order chi connectivity index (χ1) is 17.3. The van der Waals surface area contributed by atoms with Crippen LogP contribution in [-0.2, 0) is 16.1 Å². The van der Waals surface area contributed by atoms with E-state index in [9.17, 15) is 9.59 Å². The van der Waals surface area contributed by atoms with E-state index in [1.165, 1.54) is 7.11 Å². The number of amides is 1. The van der Waals surface area contributed by atoms with Gasteiger partial charge in [0.25, 0.3) is 5.91 Å². The van der Waals surface area contributed by atoms with Gasteiger partial charge >= 0.3 is 6.16 Å². The number of anilines is 3. The minimum absolute atomic E-state index is 0.0782. The molecule has 9 nitrogen and oxygen atoms in total. The molecule has 1 amide bonds. The molecule has 3 aromatic rings. The van der Waals surface area contributed by atoms with Crippen molar-refractivity contribution >= 4 is 29.1 Å². The van der Waals surface area contributed by atoms with Crippen LogP contribution in [-0.4, -0.2) is 38.9 Å². The van der Waals surface area contributed by atoms with E-state index >= 15 is 0 Å². The number of rotatable bonds is 5. The van der Waals surface area contributed by atoms with E-state index in [-0.39, 0.29) is 5.91 Å². The van der Waals surface area contributed by atoms with Gasteiger partial charge in [-0.1, -0.05) is 18.2 Å². The van der Waals surface area contributed by atoms with Gasteiger partial charge in [-0.2, -0.15) is 0 Å². The molecule has 0 spiro atoms. The van der Waals surface area contributed by atoms with Crippen molar-refractivity contribution in [3.05, 3.63) is 60.2 Å². The fraction of sp³-hybridized carbons (Fsp3) is 0.259. The normalized spacial score (nSPS) is 15.2. The Labute approximate surface area is 209 Å². The molecule has 0 unspecified atom stereocenters. The minimum atomic E-state index is -0.813. The van der Waals surface area contributed by atoms with E-state index in [0.717, 1.165) is 33.8 Å². The summed E-state index contributed by atoms with van der Waals surface area (Å²) in [6, 6.07) is 16.8. The summed E-state index contributed by atoms with van der Waals surface area (Å²) < 4.78 is 21.0. The molecular weight excluding hydrogens is 462 g/mol. The Hall–Kier alpha value is -4.40. The summed E-state index contributed by atoms with van der Waals surface area (Å²) >= 11 is 0. The van der Waals surface area contributed by atoms with Crippen molar-refractivity contribution in [2.75, 3.05) is 36.7 Å². The Morgan fingerprint density at radius 1 is 0.944 bits per heavy atom. The average molecular weight is 490 g/mol. The molecule has 5 rings (SSSR count). The number of nitrogens with zero attached hydrogens (tertiary/aromatic N) is 2. The number of ether oxygens (including phenoxy) is 4. The van der Waals surface area contributed by atoms with E-state index in [1.807, 2.05) is 61.3 Å². The monoisotopic (exact) mass is 489 g/mol. The summed E-state index contributed by atoms with van der Waals surface area (Å²) in [6.45, 7) is 4.17. The number of nitrogens with one attached hydrogen (secondary N) is 1. The van der Waals surface area contributed by atoms with Gasteiger partial charge in [-0.15, -0.1) is 0 Å². The van der Waals surface area contributed by atoms with E-state index in [4.69, 9.17) is 14.2 Å². The van der Waals surface area contributed by atoms with Crippen LogP contribution in [0.5, 0.6) is 17.2 Å². The second kappa shape index (κ2) is 8.67. The van der Waals surface area contributed by atoms with Crippen LogP contribution >= 0.6 is 0 Å². The van der Waals surface area contributed by atoms with Crippen LogP contribution in [0, 0.1) is 0 Å². The number of carbonyl (C=O) groups excluding carboxylic acids is 2. The van der Waals surface area contributed by atoms with Crippen molar-refractivity contribution in [2.24, 2.45) is 0 Å². The minimum Gasteiger partial charge on any atom is -0.496 e. The molecule has 2 aliphatic rings. The third-order valence-corrected chi connectivity index (χ3v) is 6.41. The third-order valence-electron chi connectivity index (χ3n) is 6.41. The predicted molar refractivity (Wildman–Crippen MR) is 136 cm³/mol. The number of hydrazine groups is 1. The second-order valence-electron chi connectivity index (χ2n) is 9.00. The number of methoxy groups -OCH3 is 3. The van der Waals surface area contributed by atoms with Crippen LogP contribution in [0.15, 0.2) is 54.6 Å². The first kappa shape index (κ1) is 23.3. The molecule has 1 N–H and O–H groups in total. The molecule has 9 heteroatoms. The van der Waals surface area contributed by atoms with Crippen molar-refractivity contribution < 1.29 is 28.5 Å². The molecule has 0 bridgehead atoms. The highest BCUT2D eigenvalue weighted by atomic mass is 16.7. The largest absolute Gasteiger partial charge is 0.513 e. The SMILES string of the molecule is COC(=O)Oc1ccc(-c2ccc3c4c2CN(c2ccccc2OC)N4C(=O)C(C)(C)N3)c(OC)c1. The first-order valence-electron chi connectivity index (χ1n) is 11.4. The second-order valence-corrected chi connectivity index (χ2v) is 9.00. The van der Waals surface area contributed by atoms with Gasteiger partial charge in [-0.25, -0.2) is 9.80 Å². The highest BCUT2D eigenvalue weighted by Crippen LogP contribution is 2.51. The molecule has 2 heterocycles. The number of benzene rings is 3. The lowest BCUT2D eigenvalue weighted by atomic mass is 9.93. The van der Waals surface area contributed by atoms with Gasteiger partial charge < -0.3 is 24.3 Å².